The predicted octanol–water partition coefficient (Wildman–Crippen LogP) is 1.74. The number of ether oxygens (including phenoxy) is 1. The minimum atomic E-state index is -0.659. The normalized spacial score (nSPS) is 24.8. The number of hydrogen-bond acceptors (Lipinski definition) is 3. The van der Waals surface area contributed by atoms with Crippen LogP contribution in [0.5, 0.6) is 0 Å². The molecule has 1 atom stereocenters. The summed E-state index contributed by atoms with van der Waals surface area (Å²) in [5.41, 5.74) is 5.02. The van der Waals surface area contributed by atoms with E-state index in [4.69, 9.17) is 10.5 Å². The number of benzene rings is 1. The van der Waals surface area contributed by atoms with Gasteiger partial charge in [0.05, 0.1) is 24.0 Å². The van der Waals surface area contributed by atoms with Crippen LogP contribution in [-0.2, 0) is 19.7 Å². The van der Waals surface area contributed by atoms with Crippen LogP contribution in [0.3, 0.4) is 0 Å². The number of rotatable bonds is 6. The zero-order valence-corrected chi connectivity index (χ0v) is 13.9. The van der Waals surface area contributed by atoms with E-state index in [9.17, 15) is 14.0 Å². The summed E-state index contributed by atoms with van der Waals surface area (Å²) in [7, 11) is 1.57. The Hall–Kier alpha value is -1.95. The lowest BCUT2D eigenvalue weighted by Crippen LogP contribution is -2.55. The van der Waals surface area contributed by atoms with Crippen molar-refractivity contribution < 1.29 is 18.7 Å². The number of nitrogens with zero attached hydrogens (tertiary/aromatic N) is 1. The van der Waals surface area contributed by atoms with Gasteiger partial charge in [-0.2, -0.15) is 0 Å². The minimum Gasteiger partial charge on any atom is -0.382 e. The smallest absolute Gasteiger partial charge is 0.233 e. The largest absolute Gasteiger partial charge is 0.382 e. The van der Waals surface area contributed by atoms with Crippen LogP contribution in [0.25, 0.3) is 0 Å². The average molecular weight is 334 g/mol. The van der Waals surface area contributed by atoms with E-state index in [0.717, 1.165) is 24.8 Å². The van der Waals surface area contributed by atoms with Crippen molar-refractivity contribution >= 4 is 11.8 Å². The molecule has 0 aromatic heterocycles. The molecule has 1 aromatic carbocycles. The van der Waals surface area contributed by atoms with Gasteiger partial charge in [-0.05, 0) is 43.4 Å². The molecule has 1 saturated heterocycles. The first-order valence-electron chi connectivity index (χ1n) is 8.29. The Morgan fingerprint density at radius 3 is 2.46 bits per heavy atom. The maximum atomic E-state index is 13.3. The van der Waals surface area contributed by atoms with Crippen molar-refractivity contribution in [3.63, 3.8) is 0 Å². The molecule has 1 aromatic rings. The lowest BCUT2D eigenvalue weighted by Gasteiger charge is -2.39. The summed E-state index contributed by atoms with van der Waals surface area (Å²) in [5.74, 6) is -0.742. The Morgan fingerprint density at radius 2 is 1.92 bits per heavy atom. The van der Waals surface area contributed by atoms with Gasteiger partial charge in [0.15, 0.2) is 0 Å². The van der Waals surface area contributed by atoms with Gasteiger partial charge in [0.2, 0.25) is 11.8 Å². The van der Waals surface area contributed by atoms with Crippen LogP contribution in [0.1, 0.15) is 37.7 Å². The molecule has 2 N–H and O–H groups in total. The van der Waals surface area contributed by atoms with Crippen molar-refractivity contribution in [3.8, 4) is 0 Å². The van der Waals surface area contributed by atoms with Gasteiger partial charge < -0.3 is 15.4 Å². The highest BCUT2D eigenvalue weighted by Gasteiger charge is 2.57. The van der Waals surface area contributed by atoms with E-state index in [-0.39, 0.29) is 18.1 Å². The summed E-state index contributed by atoms with van der Waals surface area (Å²) in [6.45, 7) is 0.888. The van der Waals surface area contributed by atoms with Crippen molar-refractivity contribution in [3.05, 3.63) is 35.6 Å². The number of nitrogens with two attached hydrogens (primary N) is 1. The number of carbonyl (C=O) groups is 2. The second-order valence-corrected chi connectivity index (χ2v) is 6.95. The average Bonchev–Trinajstić information content (AvgIpc) is 3.24. The fraction of sp³-hybridized carbons (Fsp3) is 0.556. The number of methoxy groups -OCH3 is 1. The Morgan fingerprint density at radius 1 is 1.25 bits per heavy atom. The van der Waals surface area contributed by atoms with Crippen LogP contribution in [0.2, 0.25) is 0 Å². The molecule has 1 saturated carbocycles. The highest BCUT2D eigenvalue weighted by molar-refractivity contribution is 5.92. The van der Waals surface area contributed by atoms with Crippen molar-refractivity contribution in [2.75, 3.05) is 20.3 Å². The molecule has 6 heteroatoms. The summed E-state index contributed by atoms with van der Waals surface area (Å²) in [6, 6.07) is 6.14. The standard InChI is InChI=1S/C18H23FN2O3/c1-24-12-17(11-15(20)22)7-2-10-21(17)16(23)18(8-9-18)13-3-5-14(19)6-4-13/h3-6H,2,7-12H2,1H3,(H2,20,22)/t17-/m1/s1. The predicted molar refractivity (Wildman–Crippen MR) is 86.7 cm³/mol. The maximum Gasteiger partial charge on any atom is 0.233 e. The van der Waals surface area contributed by atoms with Crippen LogP contribution in [-0.4, -0.2) is 42.5 Å². The first-order valence-corrected chi connectivity index (χ1v) is 8.29. The van der Waals surface area contributed by atoms with E-state index in [1.807, 2.05) is 0 Å². The fourth-order valence-corrected chi connectivity index (χ4v) is 4.01. The quantitative estimate of drug-likeness (QED) is 0.861. The highest BCUT2D eigenvalue weighted by Crippen LogP contribution is 2.51. The second kappa shape index (κ2) is 6.16. The third-order valence-corrected chi connectivity index (χ3v) is 5.31. The Labute approximate surface area is 141 Å². The molecule has 24 heavy (non-hydrogen) atoms. The summed E-state index contributed by atoms with van der Waals surface area (Å²) < 4.78 is 18.5. The summed E-state index contributed by atoms with van der Waals surface area (Å²) in [6.07, 6.45) is 3.12. The third kappa shape index (κ3) is 2.79. The van der Waals surface area contributed by atoms with Gasteiger partial charge in [-0.25, -0.2) is 4.39 Å². The fourth-order valence-electron chi connectivity index (χ4n) is 4.01. The van der Waals surface area contributed by atoms with Gasteiger partial charge in [0.1, 0.15) is 5.82 Å². The van der Waals surface area contributed by atoms with E-state index in [0.29, 0.717) is 19.6 Å². The van der Waals surface area contributed by atoms with Crippen molar-refractivity contribution in [2.45, 2.75) is 43.1 Å². The maximum absolute atomic E-state index is 13.3. The number of hydrogen-bond donors (Lipinski definition) is 1. The lowest BCUT2D eigenvalue weighted by atomic mass is 9.88. The Bertz CT molecular complexity index is 642. The first-order chi connectivity index (χ1) is 11.4. The van der Waals surface area contributed by atoms with Crippen molar-refractivity contribution in [1.82, 2.24) is 4.90 Å². The van der Waals surface area contributed by atoms with Crippen LogP contribution < -0.4 is 5.73 Å². The van der Waals surface area contributed by atoms with E-state index < -0.39 is 16.9 Å². The number of amides is 2. The Balaban J connectivity index is 1.90. The number of likely N-dealkylation sites (tertiary alicyclic amines) is 1. The van der Waals surface area contributed by atoms with E-state index in [1.165, 1.54) is 12.1 Å². The molecule has 2 aliphatic rings. The van der Waals surface area contributed by atoms with Gasteiger partial charge >= 0.3 is 0 Å². The van der Waals surface area contributed by atoms with Crippen LogP contribution >= 0.6 is 0 Å². The molecule has 130 valence electrons. The molecule has 0 spiro atoms. The molecule has 5 nitrogen and oxygen atoms in total. The molecule has 0 unspecified atom stereocenters. The van der Waals surface area contributed by atoms with Crippen LogP contribution in [0, 0.1) is 5.82 Å². The zero-order chi connectivity index (χ0) is 17.4. The van der Waals surface area contributed by atoms with Crippen molar-refractivity contribution in [1.29, 1.82) is 0 Å². The molecule has 0 radical (unpaired) electrons. The Kier molecular flexibility index (Phi) is 4.34. The summed E-state index contributed by atoms with van der Waals surface area (Å²) in [5, 5.41) is 0. The van der Waals surface area contributed by atoms with Gasteiger partial charge in [0.25, 0.3) is 0 Å². The van der Waals surface area contributed by atoms with E-state index >= 15 is 0 Å². The number of primary amides is 1. The molecule has 1 aliphatic carbocycles. The molecule has 3 rings (SSSR count). The van der Waals surface area contributed by atoms with Gasteiger partial charge in [-0.1, -0.05) is 12.1 Å². The third-order valence-electron chi connectivity index (χ3n) is 5.31. The number of halogens is 1. The molecule has 1 aliphatic heterocycles. The topological polar surface area (TPSA) is 72.6 Å². The lowest BCUT2D eigenvalue weighted by molar-refractivity contribution is -0.141. The van der Waals surface area contributed by atoms with E-state index in [1.54, 1.807) is 24.1 Å². The molecular weight excluding hydrogens is 311 g/mol. The summed E-state index contributed by atoms with van der Waals surface area (Å²) in [4.78, 5) is 26.7. The molecule has 1 heterocycles. The molecule has 0 bridgehead atoms. The van der Waals surface area contributed by atoms with E-state index in [2.05, 4.69) is 0 Å². The van der Waals surface area contributed by atoms with Gasteiger partial charge in [-0.15, -0.1) is 0 Å². The SMILES string of the molecule is COC[C@]1(CC(N)=O)CCCN1C(=O)C1(c2ccc(F)cc2)CC1. The molecule has 2 amide bonds. The minimum absolute atomic E-state index is 0.00454. The van der Waals surface area contributed by atoms with Crippen LogP contribution in [0.15, 0.2) is 24.3 Å². The van der Waals surface area contributed by atoms with Crippen molar-refractivity contribution in [2.24, 2.45) is 5.73 Å². The zero-order valence-electron chi connectivity index (χ0n) is 13.9. The van der Waals surface area contributed by atoms with Gasteiger partial charge in [-0.3, -0.25) is 9.59 Å². The molecular formula is C18H23FN2O3. The monoisotopic (exact) mass is 334 g/mol. The van der Waals surface area contributed by atoms with Crippen LogP contribution in [0.4, 0.5) is 4.39 Å². The second-order valence-electron chi connectivity index (χ2n) is 6.95. The van der Waals surface area contributed by atoms with Gasteiger partial charge in [0, 0.05) is 13.7 Å². The molecule has 2 fully saturated rings. The number of carbonyl (C=O) groups excluding carboxylic acids is 2. The summed E-state index contributed by atoms with van der Waals surface area (Å²) >= 11 is 0. The first kappa shape index (κ1) is 16.9. The highest BCUT2D eigenvalue weighted by atomic mass is 19.1.